The maximum atomic E-state index is 11.8. The van der Waals surface area contributed by atoms with Gasteiger partial charge in [0.25, 0.3) is 0 Å². The number of aromatic nitrogens is 3. The van der Waals surface area contributed by atoms with E-state index in [1.54, 1.807) is 17.4 Å². The maximum Gasteiger partial charge on any atom is 0.337 e. The van der Waals surface area contributed by atoms with E-state index in [1.807, 2.05) is 24.6 Å². The van der Waals surface area contributed by atoms with Crippen LogP contribution in [0.3, 0.4) is 0 Å². The molecule has 0 amide bonds. The van der Waals surface area contributed by atoms with E-state index in [1.165, 1.54) is 12.0 Å². The van der Waals surface area contributed by atoms with Gasteiger partial charge in [0.1, 0.15) is 5.82 Å². The topological polar surface area (TPSA) is 57.0 Å². The van der Waals surface area contributed by atoms with Crippen LogP contribution in [0.15, 0.2) is 23.7 Å². The van der Waals surface area contributed by atoms with Crippen molar-refractivity contribution in [2.75, 3.05) is 7.11 Å². The molecule has 0 fully saturated rings. The van der Waals surface area contributed by atoms with Gasteiger partial charge in [-0.1, -0.05) is 6.92 Å². The molecule has 0 unspecified atom stereocenters. The molecule has 2 aromatic heterocycles. The van der Waals surface area contributed by atoms with Gasteiger partial charge in [-0.25, -0.2) is 14.8 Å². The van der Waals surface area contributed by atoms with Gasteiger partial charge in [0, 0.05) is 11.3 Å². The fraction of sp³-hybridized carbons (Fsp3) is 0.312. The number of methoxy groups -OCH3 is 1. The lowest BCUT2D eigenvalue weighted by molar-refractivity contribution is 0.0601. The molecule has 3 aromatic rings. The number of imidazole rings is 1. The third kappa shape index (κ3) is 2.50. The van der Waals surface area contributed by atoms with Crippen LogP contribution in [-0.4, -0.2) is 27.6 Å². The van der Waals surface area contributed by atoms with Crippen molar-refractivity contribution in [3.63, 3.8) is 0 Å². The number of aryl methyl sites for hydroxylation is 2. The first-order chi connectivity index (χ1) is 10.6. The molecule has 22 heavy (non-hydrogen) atoms. The molecule has 0 saturated heterocycles. The van der Waals surface area contributed by atoms with E-state index in [2.05, 4.69) is 21.5 Å². The summed E-state index contributed by atoms with van der Waals surface area (Å²) < 4.78 is 6.96. The highest BCUT2D eigenvalue weighted by atomic mass is 32.1. The Hall–Kier alpha value is -2.21. The van der Waals surface area contributed by atoms with Crippen LogP contribution in [0, 0.1) is 6.92 Å². The second-order valence-corrected chi connectivity index (χ2v) is 5.96. The highest BCUT2D eigenvalue weighted by Crippen LogP contribution is 2.23. The number of rotatable bonds is 4. The zero-order valence-corrected chi connectivity index (χ0v) is 13.6. The van der Waals surface area contributed by atoms with Gasteiger partial charge in [0.05, 0.1) is 41.5 Å². The smallest absolute Gasteiger partial charge is 0.337 e. The fourth-order valence-corrected chi connectivity index (χ4v) is 3.25. The van der Waals surface area contributed by atoms with Gasteiger partial charge in [-0.2, -0.15) is 0 Å². The van der Waals surface area contributed by atoms with Crippen molar-refractivity contribution in [1.82, 2.24) is 14.5 Å². The number of hydrogen-bond donors (Lipinski definition) is 0. The number of thiazole rings is 1. The summed E-state index contributed by atoms with van der Waals surface area (Å²) in [5.74, 6) is 0.673. The van der Waals surface area contributed by atoms with Crippen LogP contribution in [0.1, 0.15) is 33.7 Å². The first-order valence-electron chi connectivity index (χ1n) is 7.10. The van der Waals surface area contributed by atoms with E-state index in [4.69, 9.17) is 4.74 Å². The Balaban J connectivity index is 2.13. The summed E-state index contributed by atoms with van der Waals surface area (Å²) >= 11 is 1.64. The molecule has 0 spiro atoms. The second-order valence-electron chi connectivity index (χ2n) is 5.02. The SMILES string of the molecule is CCc1nc2ccc(C(=O)OC)cc2n1Cc1scnc1C. The van der Waals surface area contributed by atoms with E-state index >= 15 is 0 Å². The minimum Gasteiger partial charge on any atom is -0.465 e. The Bertz CT molecular complexity index is 835. The number of carbonyl (C=O) groups excluding carboxylic acids is 1. The van der Waals surface area contributed by atoms with Crippen molar-refractivity contribution < 1.29 is 9.53 Å². The number of nitrogens with zero attached hydrogens (tertiary/aromatic N) is 3. The summed E-state index contributed by atoms with van der Waals surface area (Å²) in [6.45, 7) is 4.82. The maximum absolute atomic E-state index is 11.8. The van der Waals surface area contributed by atoms with Crippen molar-refractivity contribution in [3.8, 4) is 0 Å². The molecule has 0 N–H and O–H groups in total. The Morgan fingerprint density at radius 3 is 2.86 bits per heavy atom. The van der Waals surface area contributed by atoms with Crippen LogP contribution in [0.25, 0.3) is 11.0 Å². The van der Waals surface area contributed by atoms with Crippen molar-refractivity contribution >= 4 is 28.3 Å². The summed E-state index contributed by atoms with van der Waals surface area (Å²) in [6.07, 6.45) is 0.833. The van der Waals surface area contributed by atoms with E-state index in [0.29, 0.717) is 5.56 Å². The molecule has 1 aromatic carbocycles. The average molecular weight is 315 g/mol. The van der Waals surface area contributed by atoms with Gasteiger partial charge in [0.2, 0.25) is 0 Å². The number of benzene rings is 1. The van der Waals surface area contributed by atoms with Crippen LogP contribution >= 0.6 is 11.3 Å². The predicted molar refractivity (Wildman–Crippen MR) is 86.4 cm³/mol. The van der Waals surface area contributed by atoms with E-state index in [0.717, 1.165) is 35.5 Å². The second kappa shape index (κ2) is 5.88. The summed E-state index contributed by atoms with van der Waals surface area (Å²) in [7, 11) is 1.39. The molecule has 0 radical (unpaired) electrons. The third-order valence-corrected chi connectivity index (χ3v) is 4.63. The molecule has 0 atom stereocenters. The highest BCUT2D eigenvalue weighted by Gasteiger charge is 2.14. The van der Waals surface area contributed by atoms with Crippen LogP contribution in [0.2, 0.25) is 0 Å². The Kier molecular flexibility index (Phi) is 3.94. The summed E-state index contributed by atoms with van der Waals surface area (Å²) in [4.78, 5) is 21.9. The van der Waals surface area contributed by atoms with Crippen LogP contribution < -0.4 is 0 Å². The molecule has 6 heteroatoms. The number of hydrogen-bond acceptors (Lipinski definition) is 5. The van der Waals surface area contributed by atoms with Crippen LogP contribution in [0.5, 0.6) is 0 Å². The lowest BCUT2D eigenvalue weighted by Crippen LogP contribution is -2.05. The van der Waals surface area contributed by atoms with Gasteiger partial charge in [0.15, 0.2) is 0 Å². The molecule has 2 heterocycles. The minimum atomic E-state index is -0.332. The first-order valence-corrected chi connectivity index (χ1v) is 7.98. The number of fused-ring (bicyclic) bond motifs is 1. The average Bonchev–Trinajstić information content (AvgIpc) is 3.10. The van der Waals surface area contributed by atoms with Crippen LogP contribution in [-0.2, 0) is 17.7 Å². The zero-order valence-electron chi connectivity index (χ0n) is 12.8. The first kappa shape index (κ1) is 14.7. The van der Waals surface area contributed by atoms with Crippen LogP contribution in [0.4, 0.5) is 0 Å². The fourth-order valence-electron chi connectivity index (χ4n) is 2.49. The lowest BCUT2D eigenvalue weighted by Gasteiger charge is -2.08. The van der Waals surface area contributed by atoms with Gasteiger partial charge in [-0.15, -0.1) is 11.3 Å². The zero-order chi connectivity index (χ0) is 15.7. The van der Waals surface area contributed by atoms with Crippen molar-refractivity contribution in [3.05, 3.63) is 45.7 Å². The molecule has 3 rings (SSSR count). The number of ether oxygens (including phenoxy) is 1. The number of esters is 1. The predicted octanol–water partition coefficient (Wildman–Crippen LogP) is 3.20. The summed E-state index contributed by atoms with van der Waals surface area (Å²) in [5.41, 5.74) is 5.28. The molecule has 0 aliphatic rings. The molecule has 0 bridgehead atoms. The van der Waals surface area contributed by atoms with Gasteiger partial charge in [-0.05, 0) is 25.1 Å². The summed E-state index contributed by atoms with van der Waals surface area (Å²) in [6, 6.07) is 5.48. The Morgan fingerprint density at radius 1 is 1.41 bits per heavy atom. The van der Waals surface area contributed by atoms with Gasteiger partial charge in [-0.3, -0.25) is 0 Å². The lowest BCUT2D eigenvalue weighted by atomic mass is 10.2. The molecule has 5 nitrogen and oxygen atoms in total. The molecule has 0 saturated carbocycles. The molecule has 114 valence electrons. The van der Waals surface area contributed by atoms with Crippen molar-refractivity contribution in [2.24, 2.45) is 0 Å². The van der Waals surface area contributed by atoms with Crippen molar-refractivity contribution in [2.45, 2.75) is 26.8 Å². The third-order valence-electron chi connectivity index (χ3n) is 3.71. The van der Waals surface area contributed by atoms with Gasteiger partial charge >= 0.3 is 5.97 Å². The Labute approximate surface area is 132 Å². The normalized spacial score (nSPS) is 11.0. The molecule has 0 aliphatic carbocycles. The molecule has 0 aliphatic heterocycles. The quantitative estimate of drug-likeness (QED) is 0.694. The molecular formula is C16H17N3O2S. The monoisotopic (exact) mass is 315 g/mol. The highest BCUT2D eigenvalue weighted by molar-refractivity contribution is 7.09. The molecular weight excluding hydrogens is 298 g/mol. The Morgan fingerprint density at radius 2 is 2.23 bits per heavy atom. The summed E-state index contributed by atoms with van der Waals surface area (Å²) in [5, 5.41) is 0. The van der Waals surface area contributed by atoms with E-state index in [-0.39, 0.29) is 5.97 Å². The minimum absolute atomic E-state index is 0.332. The van der Waals surface area contributed by atoms with Crippen molar-refractivity contribution in [1.29, 1.82) is 0 Å². The van der Waals surface area contributed by atoms with E-state index < -0.39 is 0 Å². The van der Waals surface area contributed by atoms with E-state index in [9.17, 15) is 4.79 Å². The largest absolute Gasteiger partial charge is 0.465 e. The number of carbonyl (C=O) groups is 1. The van der Waals surface area contributed by atoms with Gasteiger partial charge < -0.3 is 9.30 Å². The standard InChI is InChI=1S/C16H17N3O2S/c1-4-15-18-12-6-5-11(16(20)21-3)7-13(12)19(15)8-14-10(2)17-9-22-14/h5-7,9H,4,8H2,1-3H3.